The number of rotatable bonds is 9. The highest BCUT2D eigenvalue weighted by atomic mass is 35.5. The third-order valence-electron chi connectivity index (χ3n) is 4.29. The van der Waals surface area contributed by atoms with E-state index in [1.165, 1.54) is 50.7 Å². The summed E-state index contributed by atoms with van der Waals surface area (Å²) in [4.78, 5) is 36.7. The molecule has 2 aromatic rings. The van der Waals surface area contributed by atoms with Crippen molar-refractivity contribution in [1.29, 1.82) is 0 Å². The number of halogens is 1. The molecule has 0 saturated carbocycles. The van der Waals surface area contributed by atoms with Crippen LogP contribution in [0.2, 0.25) is 5.02 Å². The Balaban J connectivity index is 2.02. The van der Waals surface area contributed by atoms with Gasteiger partial charge >= 0.3 is 5.97 Å². The summed E-state index contributed by atoms with van der Waals surface area (Å²) in [7, 11) is -0.994. The lowest BCUT2D eigenvalue weighted by Gasteiger charge is -2.20. The lowest BCUT2D eigenvalue weighted by atomic mass is 10.0. The van der Waals surface area contributed by atoms with Crippen LogP contribution >= 0.6 is 11.6 Å². The van der Waals surface area contributed by atoms with Crippen LogP contribution in [-0.2, 0) is 24.3 Å². The van der Waals surface area contributed by atoms with Crippen LogP contribution < -0.4 is 10.6 Å². The van der Waals surface area contributed by atoms with Gasteiger partial charge in [0.25, 0.3) is 11.8 Å². The summed E-state index contributed by atoms with van der Waals surface area (Å²) < 4.78 is 35.6. The second kappa shape index (κ2) is 10.6. The highest BCUT2D eigenvalue weighted by Crippen LogP contribution is 2.26. The summed E-state index contributed by atoms with van der Waals surface area (Å²) in [6.07, 6.45) is 1.33. The molecule has 2 rings (SSSR count). The maximum Gasteiger partial charge on any atom is 0.329 e. The van der Waals surface area contributed by atoms with Gasteiger partial charge < -0.3 is 19.8 Å². The van der Waals surface area contributed by atoms with Gasteiger partial charge in [0.1, 0.15) is 6.04 Å². The first kappa shape index (κ1) is 25.4. The highest BCUT2D eigenvalue weighted by molar-refractivity contribution is 7.89. The fourth-order valence-corrected chi connectivity index (χ4v) is 3.60. The fourth-order valence-electron chi connectivity index (χ4n) is 2.50. The van der Waals surface area contributed by atoms with Gasteiger partial charge in [-0.1, -0.05) is 25.4 Å². The number of hydrogen-bond acceptors (Lipinski definition) is 7. The monoisotopic (exact) mass is 485 g/mol. The topological polar surface area (TPSA) is 135 Å². The molecule has 2 N–H and O–H groups in total. The van der Waals surface area contributed by atoms with Gasteiger partial charge in [0.2, 0.25) is 10.0 Å². The zero-order chi connectivity index (χ0) is 24.1. The number of nitrogens with zero attached hydrogens (tertiary/aromatic N) is 1. The molecule has 174 valence electrons. The Morgan fingerprint density at radius 3 is 2.44 bits per heavy atom. The Morgan fingerprint density at radius 1 is 1.19 bits per heavy atom. The average molecular weight is 486 g/mol. The van der Waals surface area contributed by atoms with Crippen LogP contribution in [0.4, 0.5) is 5.69 Å². The van der Waals surface area contributed by atoms with E-state index in [1.807, 2.05) is 0 Å². The molecule has 0 radical (unpaired) electrons. The molecule has 32 heavy (non-hydrogen) atoms. The molecule has 1 aromatic carbocycles. The van der Waals surface area contributed by atoms with E-state index in [-0.39, 0.29) is 27.3 Å². The van der Waals surface area contributed by atoms with E-state index < -0.39 is 40.5 Å². The number of nitrogens with one attached hydrogen (secondary N) is 2. The summed E-state index contributed by atoms with van der Waals surface area (Å²) in [5.74, 6) is -2.44. The number of furan rings is 1. The fraction of sp³-hybridized carbons (Fsp3) is 0.350. The summed E-state index contributed by atoms with van der Waals surface area (Å²) in [6, 6.07) is 5.81. The van der Waals surface area contributed by atoms with Crippen molar-refractivity contribution in [2.75, 3.05) is 26.0 Å². The van der Waals surface area contributed by atoms with Crippen molar-refractivity contribution in [3.63, 3.8) is 0 Å². The molecule has 2 amide bonds. The molecule has 1 atom stereocenters. The minimum absolute atomic E-state index is 0.0309. The molecule has 0 spiro atoms. The first-order valence-corrected chi connectivity index (χ1v) is 11.3. The number of carbonyl (C=O) groups is 3. The normalized spacial score (nSPS) is 12.5. The number of anilines is 1. The number of sulfonamides is 1. The first-order valence-electron chi connectivity index (χ1n) is 9.46. The molecular weight excluding hydrogens is 462 g/mol. The lowest BCUT2D eigenvalue weighted by Crippen LogP contribution is -2.45. The molecule has 10 nitrogen and oxygen atoms in total. The smallest absolute Gasteiger partial charge is 0.329 e. The molecule has 0 aliphatic rings. The highest BCUT2D eigenvalue weighted by Gasteiger charge is 2.27. The van der Waals surface area contributed by atoms with E-state index in [2.05, 4.69) is 10.6 Å². The quantitative estimate of drug-likeness (QED) is 0.519. The van der Waals surface area contributed by atoms with Gasteiger partial charge in [-0.05, 0) is 36.2 Å². The Labute approximate surface area is 190 Å². The molecule has 1 heterocycles. The molecule has 0 fully saturated rings. The molecule has 1 aromatic heterocycles. The van der Waals surface area contributed by atoms with E-state index in [0.717, 1.165) is 4.31 Å². The zero-order valence-electron chi connectivity index (χ0n) is 17.9. The maximum atomic E-state index is 12.4. The van der Waals surface area contributed by atoms with Crippen molar-refractivity contribution in [3.05, 3.63) is 47.4 Å². The van der Waals surface area contributed by atoms with Gasteiger partial charge in [0.05, 0.1) is 21.9 Å². The molecule has 12 heteroatoms. The number of ether oxygens (including phenoxy) is 1. The van der Waals surface area contributed by atoms with Crippen LogP contribution in [0.25, 0.3) is 0 Å². The van der Waals surface area contributed by atoms with Crippen molar-refractivity contribution in [1.82, 2.24) is 9.62 Å². The Hall–Kier alpha value is -2.89. The van der Waals surface area contributed by atoms with Crippen LogP contribution in [0.15, 0.2) is 45.9 Å². The predicted molar refractivity (Wildman–Crippen MR) is 117 cm³/mol. The molecule has 0 aliphatic heterocycles. The van der Waals surface area contributed by atoms with Gasteiger partial charge in [0.15, 0.2) is 12.4 Å². The minimum Gasteiger partial charge on any atom is -0.459 e. The predicted octanol–water partition coefficient (Wildman–Crippen LogP) is 2.12. The van der Waals surface area contributed by atoms with E-state index in [1.54, 1.807) is 13.8 Å². The molecular formula is C20H24ClN3O7S. The largest absolute Gasteiger partial charge is 0.459 e. The Morgan fingerprint density at radius 2 is 1.88 bits per heavy atom. The third-order valence-corrected chi connectivity index (χ3v) is 6.43. The summed E-state index contributed by atoms with van der Waals surface area (Å²) in [5.41, 5.74) is 0.0437. The van der Waals surface area contributed by atoms with Gasteiger partial charge in [-0.25, -0.2) is 17.5 Å². The summed E-state index contributed by atoms with van der Waals surface area (Å²) in [6.45, 7) is 2.73. The van der Waals surface area contributed by atoms with Crippen molar-refractivity contribution in [3.8, 4) is 0 Å². The van der Waals surface area contributed by atoms with Gasteiger partial charge in [-0.2, -0.15) is 0 Å². The standard InChI is InChI=1S/C20H24ClN3O7S/c1-12(2)18(23-19(26)16-6-5-9-30-16)20(27)31-11-17(25)22-15-10-13(7-8-14(15)21)32(28,29)24(3)4/h5-10,12,18H,11H2,1-4H3,(H,22,25)(H,23,26)/t18-/m1/s1. The first-order chi connectivity index (χ1) is 14.9. The van der Waals surface area contributed by atoms with Crippen molar-refractivity contribution in [2.45, 2.75) is 24.8 Å². The number of amides is 2. The van der Waals surface area contributed by atoms with Crippen LogP contribution in [0, 0.1) is 5.92 Å². The van der Waals surface area contributed by atoms with Gasteiger partial charge in [-0.15, -0.1) is 0 Å². The third kappa shape index (κ3) is 6.31. The van der Waals surface area contributed by atoms with Crippen LogP contribution in [0.5, 0.6) is 0 Å². The van der Waals surface area contributed by atoms with Crippen molar-refractivity contribution >= 4 is 45.1 Å². The minimum atomic E-state index is -3.74. The molecule has 0 bridgehead atoms. The second-order valence-corrected chi connectivity index (χ2v) is 9.82. The zero-order valence-corrected chi connectivity index (χ0v) is 19.5. The lowest BCUT2D eigenvalue weighted by molar-refractivity contribution is -0.150. The van der Waals surface area contributed by atoms with E-state index in [0.29, 0.717) is 0 Å². The second-order valence-electron chi connectivity index (χ2n) is 7.26. The molecule has 0 unspecified atom stereocenters. The molecule has 0 saturated heterocycles. The van der Waals surface area contributed by atoms with Crippen LogP contribution in [0.1, 0.15) is 24.4 Å². The SMILES string of the molecule is CC(C)[C@@H](NC(=O)c1ccco1)C(=O)OCC(=O)Nc1cc(S(=O)(=O)N(C)C)ccc1Cl. The number of carbonyl (C=O) groups excluding carboxylic acids is 3. The van der Waals surface area contributed by atoms with Crippen LogP contribution in [0.3, 0.4) is 0 Å². The van der Waals surface area contributed by atoms with Crippen molar-refractivity contribution < 1.29 is 32.0 Å². The van der Waals surface area contributed by atoms with Gasteiger partial charge in [0, 0.05) is 14.1 Å². The number of esters is 1. The summed E-state index contributed by atoms with van der Waals surface area (Å²) >= 11 is 6.04. The Kier molecular flexibility index (Phi) is 8.42. The van der Waals surface area contributed by atoms with Gasteiger partial charge in [-0.3, -0.25) is 9.59 Å². The number of hydrogen-bond donors (Lipinski definition) is 2. The molecule has 0 aliphatic carbocycles. The van der Waals surface area contributed by atoms with Crippen molar-refractivity contribution in [2.24, 2.45) is 5.92 Å². The van der Waals surface area contributed by atoms with Crippen LogP contribution in [-0.4, -0.2) is 57.3 Å². The average Bonchev–Trinajstić information content (AvgIpc) is 3.26. The van der Waals surface area contributed by atoms with E-state index in [4.69, 9.17) is 20.8 Å². The van der Waals surface area contributed by atoms with E-state index >= 15 is 0 Å². The maximum absolute atomic E-state index is 12.4. The number of benzene rings is 1. The van der Waals surface area contributed by atoms with E-state index in [9.17, 15) is 22.8 Å². The summed E-state index contributed by atoms with van der Waals surface area (Å²) in [5, 5.41) is 5.02. The Bertz CT molecular complexity index is 1080.